The van der Waals surface area contributed by atoms with Crippen LogP contribution in [0, 0.1) is 22.7 Å². The van der Waals surface area contributed by atoms with Crippen molar-refractivity contribution in [1.82, 2.24) is 4.90 Å². The first-order chi connectivity index (χ1) is 10.2. The molecule has 1 aromatic rings. The molecule has 0 amide bonds. The summed E-state index contributed by atoms with van der Waals surface area (Å²) in [6, 6.07) is 12.6. The van der Waals surface area contributed by atoms with Gasteiger partial charge in [-0.05, 0) is 37.1 Å². The van der Waals surface area contributed by atoms with Gasteiger partial charge in [-0.25, -0.2) is 0 Å². The number of nitriles is 2. The number of rotatable bonds is 4. The second-order valence-electron chi connectivity index (χ2n) is 5.73. The lowest BCUT2D eigenvalue weighted by Crippen LogP contribution is -2.32. The highest BCUT2D eigenvalue weighted by Crippen LogP contribution is 2.23. The Balaban J connectivity index is 2.06. The molecule has 3 heteroatoms. The van der Waals surface area contributed by atoms with Crippen LogP contribution >= 0.6 is 0 Å². The maximum absolute atomic E-state index is 8.82. The monoisotopic (exact) mass is 279 g/mol. The van der Waals surface area contributed by atoms with E-state index in [0.717, 1.165) is 12.1 Å². The molecular weight excluding hydrogens is 258 g/mol. The van der Waals surface area contributed by atoms with E-state index in [-0.39, 0.29) is 5.57 Å². The van der Waals surface area contributed by atoms with Crippen LogP contribution < -0.4 is 0 Å². The molecule has 0 aromatic heterocycles. The van der Waals surface area contributed by atoms with Gasteiger partial charge in [-0.3, -0.25) is 4.90 Å². The number of benzene rings is 1. The van der Waals surface area contributed by atoms with Crippen molar-refractivity contribution in [3.05, 3.63) is 41.0 Å². The van der Waals surface area contributed by atoms with Gasteiger partial charge in [0.2, 0.25) is 0 Å². The maximum atomic E-state index is 8.82. The molecule has 1 aliphatic rings. The van der Waals surface area contributed by atoms with Crippen LogP contribution in [0.4, 0.5) is 0 Å². The third-order valence-corrected chi connectivity index (χ3v) is 4.13. The molecule has 108 valence electrons. The van der Waals surface area contributed by atoms with Crippen LogP contribution in [0.1, 0.15) is 43.2 Å². The van der Waals surface area contributed by atoms with Crippen LogP contribution in [0.2, 0.25) is 0 Å². The lowest BCUT2D eigenvalue weighted by molar-refractivity contribution is 0.184. The van der Waals surface area contributed by atoms with Crippen molar-refractivity contribution in [3.63, 3.8) is 0 Å². The Morgan fingerprint density at radius 2 is 1.95 bits per heavy atom. The van der Waals surface area contributed by atoms with E-state index >= 15 is 0 Å². The summed E-state index contributed by atoms with van der Waals surface area (Å²) in [5.74, 6) is 0. The Hall–Kier alpha value is -2.10. The molecule has 0 heterocycles. The molecule has 0 spiro atoms. The van der Waals surface area contributed by atoms with Gasteiger partial charge in [0, 0.05) is 12.6 Å². The molecule has 21 heavy (non-hydrogen) atoms. The number of hydrogen-bond donors (Lipinski definition) is 0. The van der Waals surface area contributed by atoms with Crippen molar-refractivity contribution in [1.29, 1.82) is 10.5 Å². The van der Waals surface area contributed by atoms with Crippen LogP contribution in [0.3, 0.4) is 0 Å². The van der Waals surface area contributed by atoms with E-state index in [1.165, 1.54) is 37.7 Å². The second-order valence-corrected chi connectivity index (χ2v) is 5.73. The first-order valence-electron chi connectivity index (χ1n) is 7.54. The molecule has 0 aliphatic heterocycles. The summed E-state index contributed by atoms with van der Waals surface area (Å²) in [4.78, 5) is 2.43. The summed E-state index contributed by atoms with van der Waals surface area (Å²) in [6.07, 6.45) is 8.28. The van der Waals surface area contributed by atoms with E-state index in [4.69, 9.17) is 10.5 Å². The van der Waals surface area contributed by atoms with E-state index < -0.39 is 0 Å². The van der Waals surface area contributed by atoms with E-state index in [9.17, 15) is 0 Å². The molecule has 0 radical (unpaired) electrons. The largest absolute Gasteiger partial charge is 0.299 e. The Morgan fingerprint density at radius 3 is 2.62 bits per heavy atom. The van der Waals surface area contributed by atoms with Crippen molar-refractivity contribution < 1.29 is 0 Å². The zero-order chi connectivity index (χ0) is 15.1. The standard InChI is InChI=1S/C18H21N3/c1-21(18-8-3-2-4-9-18)14-16-7-5-6-15(10-16)11-17(12-19)13-20/h5-7,10-11,18H,2-4,8-9,14H2,1H3. The third kappa shape index (κ3) is 4.45. The van der Waals surface area contributed by atoms with E-state index in [0.29, 0.717) is 6.04 Å². The fourth-order valence-electron chi connectivity index (χ4n) is 2.98. The summed E-state index contributed by atoms with van der Waals surface area (Å²) >= 11 is 0. The minimum absolute atomic E-state index is 0.146. The molecule has 0 bridgehead atoms. The maximum Gasteiger partial charge on any atom is 0.130 e. The molecule has 1 aromatic carbocycles. The van der Waals surface area contributed by atoms with Crippen molar-refractivity contribution in [2.75, 3.05) is 7.05 Å². The zero-order valence-corrected chi connectivity index (χ0v) is 12.5. The molecule has 2 rings (SSSR count). The predicted molar refractivity (Wildman–Crippen MR) is 84.0 cm³/mol. The highest BCUT2D eigenvalue weighted by molar-refractivity contribution is 5.62. The van der Waals surface area contributed by atoms with Crippen LogP contribution in [-0.2, 0) is 6.54 Å². The Kier molecular flexibility index (Phi) is 5.55. The topological polar surface area (TPSA) is 50.8 Å². The summed E-state index contributed by atoms with van der Waals surface area (Å²) < 4.78 is 0. The molecule has 0 atom stereocenters. The molecule has 1 fully saturated rings. The summed E-state index contributed by atoms with van der Waals surface area (Å²) in [7, 11) is 2.19. The number of hydrogen-bond acceptors (Lipinski definition) is 3. The van der Waals surface area contributed by atoms with Gasteiger partial charge in [0.05, 0.1) is 0 Å². The zero-order valence-electron chi connectivity index (χ0n) is 12.5. The molecule has 0 saturated heterocycles. The van der Waals surface area contributed by atoms with Crippen LogP contribution in [-0.4, -0.2) is 18.0 Å². The van der Waals surface area contributed by atoms with Gasteiger partial charge in [-0.15, -0.1) is 0 Å². The number of nitrogens with zero attached hydrogens (tertiary/aromatic N) is 3. The Bertz CT molecular complexity index is 567. The van der Waals surface area contributed by atoms with Crippen molar-refractivity contribution in [2.45, 2.75) is 44.7 Å². The average Bonchev–Trinajstić information content (AvgIpc) is 2.53. The van der Waals surface area contributed by atoms with Gasteiger partial charge < -0.3 is 0 Å². The Labute approximate surface area is 127 Å². The van der Waals surface area contributed by atoms with E-state index in [1.54, 1.807) is 6.08 Å². The Morgan fingerprint density at radius 1 is 1.24 bits per heavy atom. The first kappa shape index (κ1) is 15.3. The summed E-state index contributed by atoms with van der Waals surface area (Å²) in [5, 5.41) is 17.6. The quantitative estimate of drug-likeness (QED) is 0.786. The molecule has 0 N–H and O–H groups in total. The van der Waals surface area contributed by atoms with E-state index in [1.807, 2.05) is 24.3 Å². The van der Waals surface area contributed by atoms with E-state index in [2.05, 4.69) is 24.1 Å². The third-order valence-electron chi connectivity index (χ3n) is 4.13. The van der Waals surface area contributed by atoms with Gasteiger partial charge in [-0.2, -0.15) is 10.5 Å². The van der Waals surface area contributed by atoms with Crippen molar-refractivity contribution >= 4 is 6.08 Å². The molecular formula is C18H21N3. The minimum atomic E-state index is 0.146. The lowest BCUT2D eigenvalue weighted by Gasteiger charge is -2.31. The number of allylic oxidation sites excluding steroid dienone is 1. The van der Waals surface area contributed by atoms with Gasteiger partial charge >= 0.3 is 0 Å². The second kappa shape index (κ2) is 7.62. The predicted octanol–water partition coefficient (Wildman–Crippen LogP) is 3.88. The fraction of sp³-hybridized carbons (Fsp3) is 0.444. The highest BCUT2D eigenvalue weighted by atomic mass is 15.1. The van der Waals surface area contributed by atoms with Crippen LogP contribution in [0.5, 0.6) is 0 Å². The van der Waals surface area contributed by atoms with Crippen LogP contribution in [0.25, 0.3) is 6.08 Å². The van der Waals surface area contributed by atoms with Gasteiger partial charge in [0.25, 0.3) is 0 Å². The molecule has 0 unspecified atom stereocenters. The van der Waals surface area contributed by atoms with Crippen molar-refractivity contribution in [3.8, 4) is 12.1 Å². The van der Waals surface area contributed by atoms with Crippen molar-refractivity contribution in [2.24, 2.45) is 0 Å². The average molecular weight is 279 g/mol. The normalized spacial score (nSPS) is 15.2. The summed E-state index contributed by atoms with van der Waals surface area (Å²) in [5.41, 5.74) is 2.29. The summed E-state index contributed by atoms with van der Waals surface area (Å²) in [6.45, 7) is 0.917. The smallest absolute Gasteiger partial charge is 0.130 e. The first-order valence-corrected chi connectivity index (χ1v) is 7.54. The van der Waals surface area contributed by atoms with Gasteiger partial charge in [-0.1, -0.05) is 43.5 Å². The minimum Gasteiger partial charge on any atom is -0.299 e. The molecule has 1 aliphatic carbocycles. The molecule has 3 nitrogen and oxygen atoms in total. The SMILES string of the molecule is CN(Cc1cccc(C=C(C#N)C#N)c1)C1CCCCC1. The van der Waals surface area contributed by atoms with Crippen LogP contribution in [0.15, 0.2) is 29.8 Å². The fourth-order valence-corrected chi connectivity index (χ4v) is 2.98. The van der Waals surface area contributed by atoms with Gasteiger partial charge in [0.1, 0.15) is 17.7 Å². The molecule has 1 saturated carbocycles. The highest BCUT2D eigenvalue weighted by Gasteiger charge is 2.17. The lowest BCUT2D eigenvalue weighted by atomic mass is 9.94. The van der Waals surface area contributed by atoms with Gasteiger partial charge in [0.15, 0.2) is 0 Å².